The van der Waals surface area contributed by atoms with E-state index in [1.807, 2.05) is 12.1 Å². The molecule has 2 aromatic rings. The van der Waals surface area contributed by atoms with Crippen molar-refractivity contribution in [1.29, 1.82) is 0 Å². The highest BCUT2D eigenvalue weighted by Gasteiger charge is 2.17. The molecule has 6 heteroatoms. The summed E-state index contributed by atoms with van der Waals surface area (Å²) in [5.41, 5.74) is 2.32. The fourth-order valence-corrected chi connectivity index (χ4v) is 3.38. The number of methoxy groups -OCH3 is 1. The van der Waals surface area contributed by atoms with Crippen molar-refractivity contribution in [2.24, 2.45) is 0 Å². The van der Waals surface area contributed by atoms with Crippen LogP contribution in [0.5, 0.6) is 11.5 Å². The molecule has 1 aliphatic heterocycles. The van der Waals surface area contributed by atoms with Crippen LogP contribution in [0.25, 0.3) is 0 Å². The average molecular weight is 399 g/mol. The number of nitrogens with zero attached hydrogens (tertiary/aromatic N) is 1. The normalized spacial score (nSPS) is 18.1. The second kappa shape index (κ2) is 10.3. The third-order valence-corrected chi connectivity index (χ3v) is 4.93. The zero-order valence-corrected chi connectivity index (χ0v) is 17.4. The monoisotopic (exact) mass is 398 g/mol. The molecule has 0 aliphatic carbocycles. The summed E-state index contributed by atoms with van der Waals surface area (Å²) in [5, 5.41) is 2.96. The molecule has 1 heterocycles. The molecule has 0 saturated carbocycles. The van der Waals surface area contributed by atoms with Gasteiger partial charge in [0.15, 0.2) is 6.10 Å². The highest BCUT2D eigenvalue weighted by Crippen LogP contribution is 2.18. The molecular formula is C23H30N2O4. The molecule has 0 spiro atoms. The Morgan fingerprint density at radius 3 is 2.66 bits per heavy atom. The summed E-state index contributed by atoms with van der Waals surface area (Å²) in [6.45, 7) is 7.90. The van der Waals surface area contributed by atoms with Crippen LogP contribution in [0.2, 0.25) is 0 Å². The van der Waals surface area contributed by atoms with Crippen molar-refractivity contribution < 1.29 is 19.0 Å². The number of hydrogen-bond donors (Lipinski definition) is 1. The van der Waals surface area contributed by atoms with Crippen LogP contribution in [-0.2, 0) is 22.6 Å². The molecular weight excluding hydrogens is 368 g/mol. The fraction of sp³-hybridized carbons (Fsp3) is 0.435. The van der Waals surface area contributed by atoms with E-state index in [1.54, 1.807) is 38.3 Å². The molecule has 0 radical (unpaired) electrons. The summed E-state index contributed by atoms with van der Waals surface area (Å²) in [5.74, 6) is 1.24. The number of ether oxygens (including phenoxy) is 3. The lowest BCUT2D eigenvalue weighted by molar-refractivity contribution is -0.127. The molecule has 6 nitrogen and oxygen atoms in total. The van der Waals surface area contributed by atoms with Gasteiger partial charge >= 0.3 is 0 Å². The third kappa shape index (κ3) is 6.48. The average Bonchev–Trinajstić information content (AvgIpc) is 2.73. The van der Waals surface area contributed by atoms with Crippen LogP contribution in [-0.4, -0.2) is 49.8 Å². The highest BCUT2D eigenvalue weighted by atomic mass is 16.5. The second-order valence-electron chi connectivity index (χ2n) is 7.39. The Hall–Kier alpha value is -2.57. The summed E-state index contributed by atoms with van der Waals surface area (Å²) in [4.78, 5) is 14.8. The number of morpholine rings is 1. The first kappa shape index (κ1) is 21.1. The maximum atomic E-state index is 12.4. The Labute approximate surface area is 172 Å². The lowest BCUT2D eigenvalue weighted by atomic mass is 10.1. The summed E-state index contributed by atoms with van der Waals surface area (Å²) in [7, 11) is 1.61. The van der Waals surface area contributed by atoms with Crippen molar-refractivity contribution in [2.75, 3.05) is 26.8 Å². The van der Waals surface area contributed by atoms with Gasteiger partial charge in [-0.15, -0.1) is 0 Å². The minimum atomic E-state index is -0.582. The van der Waals surface area contributed by atoms with Crippen molar-refractivity contribution in [3.05, 3.63) is 59.7 Å². The molecule has 2 atom stereocenters. The van der Waals surface area contributed by atoms with Gasteiger partial charge in [-0.1, -0.05) is 24.3 Å². The maximum Gasteiger partial charge on any atom is 0.261 e. The molecule has 3 rings (SSSR count). The molecule has 1 aliphatic rings. The maximum absolute atomic E-state index is 12.4. The van der Waals surface area contributed by atoms with Crippen LogP contribution >= 0.6 is 0 Å². The van der Waals surface area contributed by atoms with E-state index in [9.17, 15) is 4.79 Å². The van der Waals surface area contributed by atoms with Crippen molar-refractivity contribution in [1.82, 2.24) is 10.2 Å². The molecule has 2 unspecified atom stereocenters. The van der Waals surface area contributed by atoms with Crippen LogP contribution in [0.1, 0.15) is 25.0 Å². The molecule has 1 N–H and O–H groups in total. The first-order valence-corrected chi connectivity index (χ1v) is 10.0. The van der Waals surface area contributed by atoms with Gasteiger partial charge in [0.25, 0.3) is 5.91 Å². The number of nitrogens with one attached hydrogen (secondary N) is 1. The van der Waals surface area contributed by atoms with E-state index in [-0.39, 0.29) is 12.0 Å². The summed E-state index contributed by atoms with van der Waals surface area (Å²) in [6.07, 6.45) is -0.306. The smallest absolute Gasteiger partial charge is 0.261 e. The minimum Gasteiger partial charge on any atom is -0.497 e. The lowest BCUT2D eigenvalue weighted by Gasteiger charge is -2.31. The van der Waals surface area contributed by atoms with E-state index >= 15 is 0 Å². The molecule has 1 fully saturated rings. The van der Waals surface area contributed by atoms with E-state index in [4.69, 9.17) is 14.2 Å². The van der Waals surface area contributed by atoms with Gasteiger partial charge < -0.3 is 19.5 Å². The van der Waals surface area contributed by atoms with E-state index < -0.39 is 6.10 Å². The van der Waals surface area contributed by atoms with Crippen LogP contribution < -0.4 is 14.8 Å². The van der Waals surface area contributed by atoms with Gasteiger partial charge in [0.2, 0.25) is 0 Å². The highest BCUT2D eigenvalue weighted by molar-refractivity contribution is 5.80. The predicted octanol–water partition coefficient (Wildman–Crippen LogP) is 3.00. The zero-order chi connectivity index (χ0) is 20.6. The number of carbonyl (C=O) groups is 1. The van der Waals surface area contributed by atoms with Crippen LogP contribution in [0.4, 0.5) is 0 Å². The first-order chi connectivity index (χ1) is 14.0. The van der Waals surface area contributed by atoms with Crippen LogP contribution in [0.15, 0.2) is 48.5 Å². The molecule has 0 aromatic heterocycles. The van der Waals surface area contributed by atoms with E-state index in [2.05, 4.69) is 29.3 Å². The second-order valence-corrected chi connectivity index (χ2v) is 7.39. The molecule has 0 bridgehead atoms. The number of amides is 1. The lowest BCUT2D eigenvalue weighted by Crippen LogP contribution is -2.40. The predicted molar refractivity (Wildman–Crippen MR) is 112 cm³/mol. The Morgan fingerprint density at radius 2 is 1.93 bits per heavy atom. The van der Waals surface area contributed by atoms with Crippen molar-refractivity contribution in [3.63, 3.8) is 0 Å². The van der Waals surface area contributed by atoms with Gasteiger partial charge in [0, 0.05) is 26.2 Å². The van der Waals surface area contributed by atoms with Gasteiger partial charge in [0.05, 0.1) is 19.8 Å². The van der Waals surface area contributed by atoms with Gasteiger partial charge in [-0.2, -0.15) is 0 Å². The molecule has 156 valence electrons. The topological polar surface area (TPSA) is 60.0 Å². The molecule has 29 heavy (non-hydrogen) atoms. The number of hydrogen-bond acceptors (Lipinski definition) is 5. The van der Waals surface area contributed by atoms with E-state index in [1.165, 1.54) is 5.56 Å². The Bertz CT molecular complexity index is 794. The molecule has 1 amide bonds. The number of carbonyl (C=O) groups excluding carboxylic acids is 1. The van der Waals surface area contributed by atoms with Gasteiger partial charge in [-0.25, -0.2) is 0 Å². The Balaban J connectivity index is 1.48. The van der Waals surface area contributed by atoms with Crippen molar-refractivity contribution >= 4 is 5.91 Å². The van der Waals surface area contributed by atoms with Crippen LogP contribution in [0, 0.1) is 0 Å². The largest absolute Gasteiger partial charge is 0.497 e. The summed E-state index contributed by atoms with van der Waals surface area (Å²) >= 11 is 0. The van der Waals surface area contributed by atoms with Gasteiger partial charge in [0.1, 0.15) is 11.5 Å². The van der Waals surface area contributed by atoms with Gasteiger partial charge in [-0.3, -0.25) is 9.69 Å². The fourth-order valence-electron chi connectivity index (χ4n) is 3.38. The van der Waals surface area contributed by atoms with E-state index in [0.717, 1.165) is 37.6 Å². The van der Waals surface area contributed by atoms with Gasteiger partial charge in [-0.05, 0) is 49.2 Å². The number of benzene rings is 2. The quantitative estimate of drug-likeness (QED) is 0.741. The van der Waals surface area contributed by atoms with Crippen molar-refractivity contribution in [2.45, 2.75) is 39.1 Å². The van der Waals surface area contributed by atoms with E-state index in [0.29, 0.717) is 12.3 Å². The minimum absolute atomic E-state index is 0.145. The molecule has 1 saturated heterocycles. The molecule has 2 aromatic carbocycles. The van der Waals surface area contributed by atoms with Crippen molar-refractivity contribution in [3.8, 4) is 11.5 Å². The Kier molecular flexibility index (Phi) is 7.49. The third-order valence-electron chi connectivity index (χ3n) is 4.93. The Morgan fingerprint density at radius 1 is 1.21 bits per heavy atom. The summed E-state index contributed by atoms with van der Waals surface area (Å²) in [6, 6.07) is 15.5. The standard InChI is InChI=1S/C23H30N2O4/c1-17-15-25(11-12-28-17)16-20-6-4-5-19(13-20)14-24-23(26)18(2)29-22-9-7-21(27-3)8-10-22/h4-10,13,17-18H,11-12,14-16H2,1-3H3,(H,24,26). The zero-order valence-electron chi connectivity index (χ0n) is 17.4. The SMILES string of the molecule is COc1ccc(OC(C)C(=O)NCc2cccc(CN3CCOC(C)C3)c2)cc1. The summed E-state index contributed by atoms with van der Waals surface area (Å²) < 4.78 is 16.4. The first-order valence-electron chi connectivity index (χ1n) is 10.0. The number of rotatable bonds is 8. The van der Waals surface area contributed by atoms with Crippen LogP contribution in [0.3, 0.4) is 0 Å².